The molecule has 3 fully saturated rings. The first kappa shape index (κ1) is 55.7. The third-order valence-corrected chi connectivity index (χ3v) is 18.0. The molecule has 6 aliphatic rings. The Labute approximate surface area is 481 Å². The first-order valence-corrected chi connectivity index (χ1v) is 29.8. The highest BCUT2D eigenvalue weighted by molar-refractivity contribution is 7.46. The van der Waals surface area contributed by atoms with Gasteiger partial charge in [-0.25, -0.2) is 29.4 Å². The van der Waals surface area contributed by atoms with E-state index in [4.69, 9.17) is 9.51 Å². The van der Waals surface area contributed by atoms with E-state index < -0.39 is 25.2 Å². The van der Waals surface area contributed by atoms with Gasteiger partial charge in [-0.2, -0.15) is 0 Å². The van der Waals surface area contributed by atoms with E-state index in [9.17, 15) is 38.6 Å². The van der Waals surface area contributed by atoms with E-state index in [0.29, 0.717) is 113 Å². The average molecular weight is 1150 g/mol. The number of fused-ring (bicyclic) bond motifs is 4. The number of piperidine rings is 2. The Morgan fingerprint density at radius 2 is 1.57 bits per heavy atom. The number of anilines is 8. The molecule has 5 N–H and O–H groups in total. The number of hydrogen-bond acceptors (Lipinski definition) is 16. The summed E-state index contributed by atoms with van der Waals surface area (Å²) in [6.07, 6.45) is 10.5. The van der Waals surface area contributed by atoms with Gasteiger partial charge in [-0.05, 0) is 136 Å². The number of rotatable bonds is 14. The van der Waals surface area contributed by atoms with Crippen LogP contribution in [-0.2, 0) is 39.9 Å². The van der Waals surface area contributed by atoms with Gasteiger partial charge in [0.15, 0.2) is 0 Å². The standard InChI is InChI=1S/C60H68N13O9P/c1-6-53(75)65-48-30-39(64-58-62-20-14-47(66-58)43-13-19-61-54(46(43)36-74)72-28-27-71-50(57(72)78)29-38-32-59(3,4)33-51(38)71)7-11-49(48)70-26-25-69(35-37(70)2)40-15-21-67(22-16-40)41-8-10-44-45(31-41)56(77)73(55(44)76)42-9-12-52(63-34-42)68-23-17-60(5,18-24-68)82-83(79,80)81/h6-14,19-20,29-31,34,37,40,74H,1,15-18,21-28,32-33,35-36H2,2-5H3,(H,65,75)(H,62,64,66)(H2,79,80,81)/t37-/m0/s1. The number of hydrogen-bond donors (Lipinski definition) is 5. The second-order valence-electron chi connectivity index (χ2n) is 23.6. The third kappa shape index (κ3) is 10.9. The molecule has 432 valence electrons. The predicted octanol–water partition coefficient (Wildman–Crippen LogP) is 7.33. The second kappa shape index (κ2) is 21.7. The molecule has 12 rings (SSSR count). The van der Waals surface area contributed by atoms with Crippen LogP contribution in [0, 0.1) is 5.41 Å². The zero-order valence-electron chi connectivity index (χ0n) is 47.0. The summed E-state index contributed by atoms with van der Waals surface area (Å²) in [5.41, 5.74) is 8.01. The largest absolute Gasteiger partial charge is 0.470 e. The van der Waals surface area contributed by atoms with E-state index in [1.165, 1.54) is 23.5 Å². The van der Waals surface area contributed by atoms with Crippen molar-refractivity contribution in [3.8, 4) is 11.3 Å². The van der Waals surface area contributed by atoms with Crippen LogP contribution in [0.25, 0.3) is 11.3 Å². The van der Waals surface area contributed by atoms with E-state index in [0.717, 1.165) is 74.7 Å². The SMILES string of the molecule is C=CC(=O)Nc1cc(Nc2nccc(-c3ccnc(N4CCn5c(cc6c5CC(C)(C)C6)C4=O)c3CO)n2)ccc1N1CCN(C2CCN(c3ccc4c(c3)C(=O)N(c3ccc(N5CCC(C)(OP(=O)(O)O)CC5)nc3)C4=O)CC2)C[C@@H]1C. The third-order valence-electron chi connectivity index (χ3n) is 17.4. The van der Waals surface area contributed by atoms with Crippen LogP contribution in [0.15, 0.2) is 98.0 Å². The number of aromatic nitrogens is 5. The number of nitrogens with one attached hydrogen (secondary N) is 2. The number of phosphoric acid groups is 1. The summed E-state index contributed by atoms with van der Waals surface area (Å²) in [5, 5.41) is 17.2. The number of amides is 4. The zero-order valence-corrected chi connectivity index (χ0v) is 47.9. The fraction of sp³-hybridized carbons (Fsp3) is 0.400. The van der Waals surface area contributed by atoms with Crippen molar-refractivity contribution in [2.75, 3.05) is 87.5 Å². The minimum absolute atomic E-state index is 0.0959. The van der Waals surface area contributed by atoms with Gasteiger partial charge in [0.1, 0.15) is 17.3 Å². The highest BCUT2D eigenvalue weighted by atomic mass is 31.2. The first-order chi connectivity index (χ1) is 39.8. The Hall–Kier alpha value is -7.85. The van der Waals surface area contributed by atoms with Crippen molar-refractivity contribution in [1.29, 1.82) is 0 Å². The molecule has 1 aliphatic carbocycles. The molecule has 23 heteroatoms. The zero-order chi connectivity index (χ0) is 58.1. The summed E-state index contributed by atoms with van der Waals surface area (Å²) in [4.78, 5) is 104. The number of phosphoric ester groups is 1. The summed E-state index contributed by atoms with van der Waals surface area (Å²) in [6.45, 7) is 17.6. The van der Waals surface area contributed by atoms with Crippen LogP contribution >= 0.6 is 7.82 Å². The van der Waals surface area contributed by atoms with Gasteiger partial charge in [0.2, 0.25) is 11.9 Å². The Kier molecular flexibility index (Phi) is 14.6. The number of nitrogens with zero attached hydrogens (tertiary/aromatic N) is 11. The number of aliphatic hydroxyl groups is 1. The number of imide groups is 1. The molecule has 4 amide bonds. The summed E-state index contributed by atoms with van der Waals surface area (Å²) in [6, 6.07) is 20.7. The maximum absolute atomic E-state index is 14.1. The first-order valence-electron chi connectivity index (χ1n) is 28.3. The average Bonchev–Trinajstić information content (AvgIpc) is 3.17. The molecule has 2 aromatic carbocycles. The monoisotopic (exact) mass is 1150 g/mol. The van der Waals surface area contributed by atoms with E-state index in [2.05, 4.69) is 72.2 Å². The van der Waals surface area contributed by atoms with Gasteiger partial charge < -0.3 is 44.8 Å². The van der Waals surface area contributed by atoms with Crippen LogP contribution < -0.4 is 35.1 Å². The lowest BCUT2D eigenvalue weighted by Crippen LogP contribution is -2.57. The molecule has 0 spiro atoms. The molecular weight excluding hydrogens is 1080 g/mol. The number of aliphatic hydroxyl groups excluding tert-OH is 1. The molecular formula is C60H68N13O9P. The topological polar surface area (TPSA) is 255 Å². The van der Waals surface area contributed by atoms with Crippen molar-refractivity contribution in [2.45, 2.75) is 97.1 Å². The maximum Gasteiger partial charge on any atom is 0.470 e. The van der Waals surface area contributed by atoms with Crippen molar-refractivity contribution in [2.24, 2.45) is 5.41 Å². The summed E-state index contributed by atoms with van der Waals surface area (Å²) < 4.78 is 18.7. The van der Waals surface area contributed by atoms with Crippen molar-refractivity contribution < 1.29 is 43.2 Å². The van der Waals surface area contributed by atoms with Crippen LogP contribution in [-0.4, -0.2) is 138 Å². The van der Waals surface area contributed by atoms with Gasteiger partial charge in [0.25, 0.3) is 17.7 Å². The smallest absolute Gasteiger partial charge is 0.392 e. The lowest BCUT2D eigenvalue weighted by Gasteiger charge is -2.47. The molecule has 22 nitrogen and oxygen atoms in total. The van der Waals surface area contributed by atoms with E-state index in [-0.39, 0.29) is 29.9 Å². The number of piperazine rings is 1. The van der Waals surface area contributed by atoms with Crippen molar-refractivity contribution in [1.82, 2.24) is 29.4 Å². The van der Waals surface area contributed by atoms with Gasteiger partial charge in [-0.1, -0.05) is 20.4 Å². The highest BCUT2D eigenvalue weighted by Gasteiger charge is 2.41. The predicted molar refractivity (Wildman–Crippen MR) is 315 cm³/mol. The van der Waals surface area contributed by atoms with E-state index in [1.807, 2.05) is 41.3 Å². The van der Waals surface area contributed by atoms with Gasteiger partial charge >= 0.3 is 7.82 Å². The minimum atomic E-state index is -4.64. The lowest BCUT2D eigenvalue weighted by atomic mass is 9.90. The molecule has 6 aromatic rings. The normalized spacial score (nSPS) is 19.9. The summed E-state index contributed by atoms with van der Waals surface area (Å²) >= 11 is 0. The molecule has 4 aromatic heterocycles. The molecule has 9 heterocycles. The number of benzene rings is 2. The Morgan fingerprint density at radius 1 is 0.807 bits per heavy atom. The lowest BCUT2D eigenvalue weighted by molar-refractivity contribution is -0.111. The molecule has 0 unspecified atom stereocenters. The van der Waals surface area contributed by atoms with Gasteiger partial charge in [-0.3, -0.25) is 33.5 Å². The van der Waals surface area contributed by atoms with Crippen LogP contribution in [0.5, 0.6) is 0 Å². The van der Waals surface area contributed by atoms with Crippen molar-refractivity contribution in [3.63, 3.8) is 0 Å². The van der Waals surface area contributed by atoms with Crippen LogP contribution in [0.1, 0.15) is 101 Å². The Bertz CT molecular complexity index is 3630. The van der Waals surface area contributed by atoms with Crippen LogP contribution in [0.4, 0.5) is 46.0 Å². The maximum atomic E-state index is 14.1. The fourth-order valence-corrected chi connectivity index (χ4v) is 13.9. The van der Waals surface area contributed by atoms with Crippen molar-refractivity contribution in [3.05, 3.63) is 132 Å². The molecule has 1 atom stereocenters. The molecule has 0 radical (unpaired) electrons. The molecule has 5 aliphatic heterocycles. The van der Waals surface area contributed by atoms with Crippen LogP contribution in [0.2, 0.25) is 0 Å². The Morgan fingerprint density at radius 3 is 2.29 bits per heavy atom. The van der Waals surface area contributed by atoms with E-state index in [1.54, 1.807) is 54.5 Å². The molecule has 3 saturated heterocycles. The number of carbonyl (C=O) groups excluding carboxylic acids is 4. The van der Waals surface area contributed by atoms with Gasteiger partial charge in [0.05, 0.1) is 52.3 Å². The summed E-state index contributed by atoms with van der Waals surface area (Å²) in [7, 11) is -4.64. The Balaban J connectivity index is 0.670. The van der Waals surface area contributed by atoms with Gasteiger partial charge in [0, 0.05) is 112 Å². The molecule has 0 saturated carbocycles. The second-order valence-corrected chi connectivity index (χ2v) is 24.8. The molecule has 83 heavy (non-hydrogen) atoms. The van der Waals surface area contributed by atoms with Crippen molar-refractivity contribution >= 4 is 77.5 Å². The highest BCUT2D eigenvalue weighted by Crippen LogP contribution is 2.46. The fourth-order valence-electron chi connectivity index (χ4n) is 13.2. The molecule has 0 bridgehead atoms. The van der Waals surface area contributed by atoms with E-state index >= 15 is 0 Å². The quantitative estimate of drug-likeness (QED) is 0.0406. The summed E-state index contributed by atoms with van der Waals surface area (Å²) in [5.74, 6) is 0.00900. The number of carbonyl (C=O) groups is 4. The van der Waals surface area contributed by atoms with Gasteiger partial charge in [-0.15, -0.1) is 0 Å². The minimum Gasteiger partial charge on any atom is -0.392 e. The van der Waals surface area contributed by atoms with Crippen LogP contribution in [0.3, 0.4) is 0 Å². The number of pyridine rings is 2.